The van der Waals surface area contributed by atoms with Crippen molar-refractivity contribution in [2.45, 2.75) is 6.92 Å². The Labute approximate surface area is 100 Å². The summed E-state index contributed by atoms with van der Waals surface area (Å²) < 4.78 is 0.876. The summed E-state index contributed by atoms with van der Waals surface area (Å²) >= 11 is 4.86. The van der Waals surface area contributed by atoms with Gasteiger partial charge in [0, 0.05) is 26.5 Å². The van der Waals surface area contributed by atoms with E-state index in [9.17, 15) is 4.79 Å². The number of carbonyl (C=O) groups excluding carboxylic acids is 1. The highest BCUT2D eigenvalue weighted by atomic mass is 79.9. The number of nitrogens with zero attached hydrogens (tertiary/aromatic N) is 1. The van der Waals surface area contributed by atoms with Gasteiger partial charge in [-0.25, -0.2) is 0 Å². The van der Waals surface area contributed by atoms with E-state index in [1.165, 1.54) is 0 Å². The van der Waals surface area contributed by atoms with Crippen LogP contribution in [0.3, 0.4) is 0 Å². The van der Waals surface area contributed by atoms with Gasteiger partial charge in [-0.3, -0.25) is 9.78 Å². The van der Waals surface area contributed by atoms with Gasteiger partial charge in [0.1, 0.15) is 5.69 Å². The van der Waals surface area contributed by atoms with Crippen LogP contribution in [0.15, 0.2) is 34.2 Å². The number of ketones is 1. The van der Waals surface area contributed by atoms with E-state index in [0.29, 0.717) is 11.3 Å². The van der Waals surface area contributed by atoms with E-state index in [1.807, 2.05) is 24.4 Å². The predicted octanol–water partition coefficient (Wildman–Crippen LogP) is 3.45. The standard InChI is InChI=1S/C11H8BrNOS/c1-7-4-8(6-15-7)11(14)10-3-2-9(12)5-13-10/h2-6H,1H3. The lowest BCUT2D eigenvalue weighted by Gasteiger charge is -1.96. The van der Waals surface area contributed by atoms with E-state index in [2.05, 4.69) is 20.9 Å². The number of pyridine rings is 1. The lowest BCUT2D eigenvalue weighted by Crippen LogP contribution is -2.01. The number of carbonyl (C=O) groups is 1. The van der Waals surface area contributed by atoms with Crippen LogP contribution in [0.4, 0.5) is 0 Å². The molecule has 76 valence electrons. The first-order valence-electron chi connectivity index (χ1n) is 4.38. The van der Waals surface area contributed by atoms with E-state index in [1.54, 1.807) is 23.6 Å². The molecular weight excluding hydrogens is 274 g/mol. The third-order valence-electron chi connectivity index (χ3n) is 1.95. The Hall–Kier alpha value is -1.000. The molecule has 0 fully saturated rings. The van der Waals surface area contributed by atoms with Crippen LogP contribution in [0.1, 0.15) is 20.9 Å². The first-order valence-corrected chi connectivity index (χ1v) is 6.05. The molecule has 0 atom stereocenters. The second-order valence-corrected chi connectivity index (χ2v) is 5.17. The molecule has 2 aromatic heterocycles. The van der Waals surface area contributed by atoms with Crippen molar-refractivity contribution in [3.8, 4) is 0 Å². The van der Waals surface area contributed by atoms with Gasteiger partial charge in [0.25, 0.3) is 0 Å². The smallest absolute Gasteiger partial charge is 0.212 e. The zero-order chi connectivity index (χ0) is 10.8. The van der Waals surface area contributed by atoms with Gasteiger partial charge in [-0.2, -0.15) is 0 Å². The molecule has 0 bridgehead atoms. The molecule has 0 unspecified atom stereocenters. The Balaban J connectivity index is 2.32. The van der Waals surface area contributed by atoms with Gasteiger partial charge in [0.05, 0.1) is 0 Å². The molecular formula is C11H8BrNOS. The average molecular weight is 282 g/mol. The SMILES string of the molecule is Cc1cc(C(=O)c2ccc(Br)cn2)cs1. The van der Waals surface area contributed by atoms with Gasteiger partial charge in [0.2, 0.25) is 5.78 Å². The molecule has 15 heavy (non-hydrogen) atoms. The van der Waals surface area contributed by atoms with Crippen LogP contribution in [0.5, 0.6) is 0 Å². The molecule has 0 aliphatic rings. The summed E-state index contributed by atoms with van der Waals surface area (Å²) in [4.78, 5) is 17.1. The highest BCUT2D eigenvalue weighted by Crippen LogP contribution is 2.17. The Bertz CT molecular complexity index is 490. The summed E-state index contributed by atoms with van der Waals surface area (Å²) in [7, 11) is 0. The molecule has 0 aliphatic carbocycles. The van der Waals surface area contributed by atoms with Crippen LogP contribution in [0, 0.1) is 6.92 Å². The van der Waals surface area contributed by atoms with Crippen molar-refractivity contribution >= 4 is 33.0 Å². The van der Waals surface area contributed by atoms with Crippen molar-refractivity contribution in [1.29, 1.82) is 0 Å². The molecule has 0 saturated heterocycles. The molecule has 0 amide bonds. The van der Waals surface area contributed by atoms with E-state index in [4.69, 9.17) is 0 Å². The molecule has 0 aliphatic heterocycles. The molecule has 2 aromatic rings. The summed E-state index contributed by atoms with van der Waals surface area (Å²) in [5.41, 5.74) is 1.20. The number of thiophene rings is 1. The van der Waals surface area contributed by atoms with Gasteiger partial charge >= 0.3 is 0 Å². The summed E-state index contributed by atoms with van der Waals surface area (Å²) in [5, 5.41) is 1.86. The van der Waals surface area contributed by atoms with Crippen molar-refractivity contribution in [2.24, 2.45) is 0 Å². The quantitative estimate of drug-likeness (QED) is 0.790. The third kappa shape index (κ3) is 2.33. The lowest BCUT2D eigenvalue weighted by molar-refractivity contribution is 0.103. The van der Waals surface area contributed by atoms with Gasteiger partial charge in [-0.15, -0.1) is 11.3 Å². The van der Waals surface area contributed by atoms with Gasteiger partial charge in [-0.1, -0.05) is 0 Å². The summed E-state index contributed by atoms with van der Waals surface area (Å²) in [6.07, 6.45) is 1.63. The van der Waals surface area contributed by atoms with Crippen molar-refractivity contribution in [3.63, 3.8) is 0 Å². The monoisotopic (exact) mass is 281 g/mol. The first-order chi connectivity index (χ1) is 7.16. The second kappa shape index (κ2) is 4.24. The fourth-order valence-corrected chi connectivity index (χ4v) is 2.14. The van der Waals surface area contributed by atoms with Crippen molar-refractivity contribution in [3.05, 3.63) is 50.4 Å². The van der Waals surface area contributed by atoms with E-state index in [-0.39, 0.29) is 5.78 Å². The summed E-state index contributed by atoms with van der Waals surface area (Å²) in [6, 6.07) is 5.43. The molecule has 0 spiro atoms. The molecule has 2 rings (SSSR count). The third-order valence-corrected chi connectivity index (χ3v) is 3.28. The minimum atomic E-state index is -0.0214. The average Bonchev–Trinajstić information content (AvgIpc) is 2.65. The topological polar surface area (TPSA) is 30.0 Å². The fourth-order valence-electron chi connectivity index (χ4n) is 1.22. The molecule has 0 radical (unpaired) electrons. The number of aromatic nitrogens is 1. The minimum absolute atomic E-state index is 0.0214. The Morgan fingerprint density at radius 3 is 2.80 bits per heavy atom. The molecule has 4 heteroatoms. The number of hydrogen-bond donors (Lipinski definition) is 0. The fraction of sp³-hybridized carbons (Fsp3) is 0.0909. The van der Waals surface area contributed by atoms with Gasteiger partial charge in [-0.05, 0) is 41.1 Å². The maximum atomic E-state index is 11.9. The maximum absolute atomic E-state index is 11.9. The number of rotatable bonds is 2. The van der Waals surface area contributed by atoms with Crippen LogP contribution < -0.4 is 0 Å². The number of aryl methyl sites for hydroxylation is 1. The molecule has 2 heterocycles. The molecule has 0 aromatic carbocycles. The van der Waals surface area contributed by atoms with Gasteiger partial charge < -0.3 is 0 Å². The number of hydrogen-bond acceptors (Lipinski definition) is 3. The zero-order valence-corrected chi connectivity index (χ0v) is 10.4. The minimum Gasteiger partial charge on any atom is -0.287 e. The van der Waals surface area contributed by atoms with Crippen molar-refractivity contribution < 1.29 is 4.79 Å². The largest absolute Gasteiger partial charge is 0.287 e. The van der Waals surface area contributed by atoms with Crippen LogP contribution in [0.2, 0.25) is 0 Å². The van der Waals surface area contributed by atoms with E-state index < -0.39 is 0 Å². The Morgan fingerprint density at radius 2 is 2.27 bits per heavy atom. The molecule has 0 N–H and O–H groups in total. The zero-order valence-electron chi connectivity index (χ0n) is 8.03. The lowest BCUT2D eigenvalue weighted by atomic mass is 10.1. The van der Waals surface area contributed by atoms with Crippen molar-refractivity contribution in [1.82, 2.24) is 4.98 Å². The summed E-state index contributed by atoms with van der Waals surface area (Å²) in [6.45, 7) is 1.98. The van der Waals surface area contributed by atoms with E-state index in [0.717, 1.165) is 9.35 Å². The van der Waals surface area contributed by atoms with E-state index >= 15 is 0 Å². The van der Waals surface area contributed by atoms with Crippen LogP contribution in [-0.2, 0) is 0 Å². The summed E-state index contributed by atoms with van der Waals surface area (Å²) in [5.74, 6) is -0.0214. The Morgan fingerprint density at radius 1 is 1.47 bits per heavy atom. The highest BCUT2D eigenvalue weighted by molar-refractivity contribution is 9.10. The maximum Gasteiger partial charge on any atom is 0.212 e. The normalized spacial score (nSPS) is 10.3. The van der Waals surface area contributed by atoms with Crippen molar-refractivity contribution in [2.75, 3.05) is 0 Å². The highest BCUT2D eigenvalue weighted by Gasteiger charge is 2.11. The van der Waals surface area contributed by atoms with Crippen LogP contribution in [-0.4, -0.2) is 10.8 Å². The van der Waals surface area contributed by atoms with Gasteiger partial charge in [0.15, 0.2) is 0 Å². The predicted molar refractivity (Wildman–Crippen MR) is 64.4 cm³/mol. The number of halogens is 1. The first kappa shape index (κ1) is 10.5. The molecule has 0 saturated carbocycles. The Kier molecular flexibility index (Phi) is 2.98. The van der Waals surface area contributed by atoms with Crippen LogP contribution >= 0.6 is 27.3 Å². The second-order valence-electron chi connectivity index (χ2n) is 3.14. The van der Waals surface area contributed by atoms with Crippen LogP contribution in [0.25, 0.3) is 0 Å². The molecule has 2 nitrogen and oxygen atoms in total.